The van der Waals surface area contributed by atoms with Crippen molar-refractivity contribution in [3.8, 4) is 23.0 Å². The van der Waals surface area contributed by atoms with Gasteiger partial charge in [-0.25, -0.2) is 0 Å². The van der Waals surface area contributed by atoms with Gasteiger partial charge in [0.1, 0.15) is 34.4 Å². The third kappa shape index (κ3) is 5.74. The molecule has 7 heteroatoms. The average Bonchev–Trinajstić information content (AvgIpc) is 2.83. The molecule has 0 saturated carbocycles. The van der Waals surface area contributed by atoms with Crippen LogP contribution < -0.4 is 18.4 Å². The van der Waals surface area contributed by atoms with Crippen molar-refractivity contribution in [1.29, 1.82) is 0 Å². The molecule has 3 aromatic carbocycles. The Balaban J connectivity index is 1.67. The van der Waals surface area contributed by atoms with E-state index in [-0.39, 0.29) is 17.3 Å². The van der Waals surface area contributed by atoms with Gasteiger partial charge in [0.15, 0.2) is 5.75 Å². The van der Waals surface area contributed by atoms with Gasteiger partial charge in [0.2, 0.25) is 0 Å². The zero-order chi connectivity index (χ0) is 25.9. The Hall–Kier alpha value is -3.71. The van der Waals surface area contributed by atoms with Gasteiger partial charge < -0.3 is 18.4 Å². The second-order valence-corrected chi connectivity index (χ2v) is 10.6. The van der Waals surface area contributed by atoms with Crippen LogP contribution >= 0.6 is 0 Å². The normalized spacial score (nSPS) is 13.5. The van der Waals surface area contributed by atoms with E-state index in [4.69, 9.17) is 18.4 Å². The number of ether oxygens (including phenoxy) is 3. The Morgan fingerprint density at radius 3 is 2.39 bits per heavy atom. The van der Waals surface area contributed by atoms with Crippen LogP contribution in [0.25, 0.3) is 11.6 Å². The summed E-state index contributed by atoms with van der Waals surface area (Å²) in [5.74, 6) is 2.04. The number of benzene rings is 3. The third-order valence-electron chi connectivity index (χ3n) is 5.69. The van der Waals surface area contributed by atoms with E-state index in [1.54, 1.807) is 30.3 Å². The van der Waals surface area contributed by atoms with E-state index >= 15 is 0 Å². The molecule has 3 aromatic rings. The van der Waals surface area contributed by atoms with Crippen LogP contribution in [-0.2, 0) is 10.1 Å². The van der Waals surface area contributed by atoms with Gasteiger partial charge in [-0.3, -0.25) is 0 Å². The Labute approximate surface area is 212 Å². The summed E-state index contributed by atoms with van der Waals surface area (Å²) in [5.41, 5.74) is 2.75. The molecule has 188 valence electrons. The lowest BCUT2D eigenvalue weighted by Gasteiger charge is -2.25. The first-order valence-electron chi connectivity index (χ1n) is 11.6. The fourth-order valence-electron chi connectivity index (χ4n) is 3.94. The van der Waals surface area contributed by atoms with Gasteiger partial charge in [-0.15, -0.1) is 0 Å². The van der Waals surface area contributed by atoms with Gasteiger partial charge in [0, 0.05) is 28.8 Å². The molecule has 0 aromatic heterocycles. The van der Waals surface area contributed by atoms with Crippen molar-refractivity contribution in [2.45, 2.75) is 38.2 Å². The molecule has 0 radical (unpaired) electrons. The highest BCUT2D eigenvalue weighted by atomic mass is 32.2. The Morgan fingerprint density at radius 1 is 0.972 bits per heavy atom. The molecular formula is C29H30O6S. The van der Waals surface area contributed by atoms with E-state index < -0.39 is 15.7 Å². The van der Waals surface area contributed by atoms with E-state index in [1.165, 1.54) is 19.2 Å². The summed E-state index contributed by atoms with van der Waals surface area (Å²) in [6, 6.07) is 17.3. The highest BCUT2D eigenvalue weighted by Gasteiger charge is 2.23. The molecule has 0 amide bonds. The van der Waals surface area contributed by atoms with Gasteiger partial charge in [0.05, 0.1) is 7.11 Å². The molecule has 0 fully saturated rings. The first kappa shape index (κ1) is 25.4. The molecule has 36 heavy (non-hydrogen) atoms. The van der Waals surface area contributed by atoms with Gasteiger partial charge >= 0.3 is 10.1 Å². The van der Waals surface area contributed by atoms with Gasteiger partial charge in [-0.05, 0) is 76.2 Å². The summed E-state index contributed by atoms with van der Waals surface area (Å²) in [4.78, 5) is 0.0782. The van der Waals surface area contributed by atoms with Crippen LogP contribution in [0.4, 0.5) is 0 Å². The molecule has 0 unspecified atom stereocenters. The van der Waals surface area contributed by atoms with Crippen molar-refractivity contribution in [2.75, 3.05) is 13.7 Å². The molecular weight excluding hydrogens is 476 g/mol. The van der Waals surface area contributed by atoms with Crippen LogP contribution in [0.5, 0.6) is 23.0 Å². The van der Waals surface area contributed by atoms with E-state index in [2.05, 4.69) is 0 Å². The number of fused-ring (bicyclic) bond motifs is 1. The van der Waals surface area contributed by atoms with E-state index in [0.717, 1.165) is 16.7 Å². The second kappa shape index (κ2) is 10.1. The lowest BCUT2D eigenvalue weighted by molar-refractivity contribution is 0.161. The monoisotopic (exact) mass is 506 g/mol. The minimum atomic E-state index is -4.05. The number of allylic oxidation sites excluding steroid dienone is 1. The second-order valence-electron chi connectivity index (χ2n) is 9.08. The fraction of sp³-hybridized carbons (Fsp3) is 0.241. The minimum absolute atomic E-state index is 0.0782. The van der Waals surface area contributed by atoms with Gasteiger partial charge in [-0.1, -0.05) is 23.8 Å². The summed E-state index contributed by atoms with van der Waals surface area (Å²) in [6.45, 7) is 8.06. The van der Waals surface area contributed by atoms with Crippen molar-refractivity contribution in [1.82, 2.24) is 0 Å². The number of methoxy groups -OCH3 is 1. The molecule has 1 aliphatic heterocycles. The van der Waals surface area contributed by atoms with Crippen LogP contribution in [0.3, 0.4) is 0 Å². The maximum atomic E-state index is 13.0. The van der Waals surface area contributed by atoms with E-state index in [0.29, 0.717) is 22.8 Å². The molecule has 4 rings (SSSR count). The molecule has 0 bridgehead atoms. The molecule has 0 aliphatic carbocycles. The SMILES string of the molecule is C/C=C\C(C)(C)Oc1ccc2c(c1)OCC(c1ccc(OC)cc1OS(=O)(=O)c1ccc(C)cc1)=C2. The van der Waals surface area contributed by atoms with Crippen LogP contribution in [-0.4, -0.2) is 27.7 Å². The quantitative estimate of drug-likeness (QED) is 0.259. The standard InChI is InChI=1S/C29H30O6S/c1-6-15-29(3,4)34-24-10-9-21-16-22(19-33-27(21)18-24)26-14-11-23(32-5)17-28(26)35-36(30,31)25-12-7-20(2)8-13-25/h6-18H,19H2,1-5H3/b15-6-. The van der Waals surface area contributed by atoms with Crippen molar-refractivity contribution < 1.29 is 26.8 Å². The largest absolute Gasteiger partial charge is 0.497 e. The highest BCUT2D eigenvalue weighted by Crippen LogP contribution is 2.39. The number of rotatable bonds is 8. The smallest absolute Gasteiger partial charge is 0.339 e. The van der Waals surface area contributed by atoms with Crippen LogP contribution in [0.2, 0.25) is 0 Å². The first-order valence-corrected chi connectivity index (χ1v) is 13.0. The van der Waals surface area contributed by atoms with Crippen molar-refractivity contribution >= 4 is 21.8 Å². The zero-order valence-corrected chi connectivity index (χ0v) is 21.9. The summed E-state index contributed by atoms with van der Waals surface area (Å²) in [5, 5.41) is 0. The Morgan fingerprint density at radius 2 is 1.69 bits per heavy atom. The predicted molar refractivity (Wildman–Crippen MR) is 141 cm³/mol. The lowest BCUT2D eigenvalue weighted by atomic mass is 9.99. The number of hydrogen-bond donors (Lipinski definition) is 0. The van der Waals surface area contributed by atoms with Gasteiger partial charge in [0.25, 0.3) is 0 Å². The predicted octanol–water partition coefficient (Wildman–Crippen LogP) is 6.44. The number of aryl methyl sites for hydroxylation is 1. The first-order chi connectivity index (χ1) is 17.1. The summed E-state index contributed by atoms with van der Waals surface area (Å²) < 4.78 is 49.1. The molecule has 0 atom stereocenters. The average molecular weight is 507 g/mol. The summed E-state index contributed by atoms with van der Waals surface area (Å²) in [7, 11) is -2.53. The lowest BCUT2D eigenvalue weighted by Crippen LogP contribution is -2.25. The number of hydrogen-bond acceptors (Lipinski definition) is 6. The van der Waals surface area contributed by atoms with Crippen LogP contribution in [0.15, 0.2) is 77.7 Å². The van der Waals surface area contributed by atoms with Crippen molar-refractivity contribution in [3.05, 3.63) is 89.5 Å². The molecule has 0 saturated heterocycles. The molecule has 6 nitrogen and oxygen atoms in total. The molecule has 0 spiro atoms. The topological polar surface area (TPSA) is 71.1 Å². The van der Waals surface area contributed by atoms with E-state index in [1.807, 2.05) is 64.1 Å². The maximum absolute atomic E-state index is 13.0. The fourth-order valence-corrected chi connectivity index (χ4v) is 4.88. The van der Waals surface area contributed by atoms with Crippen molar-refractivity contribution in [2.24, 2.45) is 0 Å². The Kier molecular flexibility index (Phi) is 7.13. The molecule has 0 N–H and O–H groups in total. The summed E-state index contributed by atoms with van der Waals surface area (Å²) >= 11 is 0. The third-order valence-corrected chi connectivity index (χ3v) is 6.94. The van der Waals surface area contributed by atoms with Gasteiger partial charge in [-0.2, -0.15) is 8.42 Å². The molecule has 1 aliphatic rings. The highest BCUT2D eigenvalue weighted by molar-refractivity contribution is 7.87. The maximum Gasteiger partial charge on any atom is 0.339 e. The van der Waals surface area contributed by atoms with Crippen LogP contribution in [0, 0.1) is 6.92 Å². The summed E-state index contributed by atoms with van der Waals surface area (Å²) in [6.07, 6.45) is 5.91. The van der Waals surface area contributed by atoms with Crippen molar-refractivity contribution in [3.63, 3.8) is 0 Å². The Bertz CT molecular complexity index is 1420. The van der Waals surface area contributed by atoms with Crippen LogP contribution in [0.1, 0.15) is 37.5 Å². The zero-order valence-electron chi connectivity index (χ0n) is 21.1. The minimum Gasteiger partial charge on any atom is -0.497 e. The van der Waals surface area contributed by atoms with E-state index in [9.17, 15) is 8.42 Å². The molecule has 1 heterocycles.